The van der Waals surface area contributed by atoms with E-state index < -0.39 is 6.03 Å². The van der Waals surface area contributed by atoms with E-state index in [4.69, 9.17) is 5.73 Å². The summed E-state index contributed by atoms with van der Waals surface area (Å²) in [5.41, 5.74) is 7.39. The Bertz CT molecular complexity index is 649. The zero-order valence-corrected chi connectivity index (χ0v) is 9.33. The van der Waals surface area contributed by atoms with Gasteiger partial charge in [-0.05, 0) is 6.07 Å². The molecule has 0 radical (unpaired) electrons. The summed E-state index contributed by atoms with van der Waals surface area (Å²) in [4.78, 5) is 24.2. The quantitative estimate of drug-likeness (QED) is 0.722. The van der Waals surface area contributed by atoms with Crippen molar-refractivity contribution in [3.63, 3.8) is 0 Å². The minimum atomic E-state index is -0.446. The maximum atomic E-state index is 11.7. The first-order chi connectivity index (χ1) is 8.65. The van der Waals surface area contributed by atoms with Gasteiger partial charge in [-0.2, -0.15) is 0 Å². The van der Waals surface area contributed by atoms with Crippen molar-refractivity contribution in [1.29, 1.82) is 0 Å². The van der Waals surface area contributed by atoms with E-state index >= 15 is 0 Å². The summed E-state index contributed by atoms with van der Waals surface area (Å²) in [7, 11) is 0. The molecule has 0 aliphatic carbocycles. The smallest absolute Gasteiger partial charge is 0.328 e. The van der Waals surface area contributed by atoms with Crippen LogP contribution in [-0.4, -0.2) is 33.1 Å². The number of anilines is 2. The molecule has 0 aromatic carbocycles. The third-order valence-corrected chi connectivity index (χ3v) is 2.77. The van der Waals surface area contributed by atoms with E-state index in [1.807, 2.05) is 0 Å². The molecule has 8 nitrogen and oxygen atoms in total. The topological polar surface area (TPSA) is 106 Å². The summed E-state index contributed by atoms with van der Waals surface area (Å²) in [6, 6.07) is 1.19. The minimum absolute atomic E-state index is 0.269. The lowest BCUT2D eigenvalue weighted by Crippen LogP contribution is -2.49. The Morgan fingerprint density at radius 1 is 1.39 bits per heavy atom. The van der Waals surface area contributed by atoms with Crippen molar-refractivity contribution in [3.8, 4) is 0 Å². The molecule has 1 saturated heterocycles. The van der Waals surface area contributed by atoms with E-state index in [1.165, 1.54) is 11.2 Å². The van der Waals surface area contributed by atoms with Gasteiger partial charge in [-0.3, -0.25) is 19.4 Å². The van der Waals surface area contributed by atoms with E-state index in [0.29, 0.717) is 23.6 Å². The second kappa shape index (κ2) is 3.69. The third-order valence-electron chi connectivity index (χ3n) is 2.77. The molecule has 0 bridgehead atoms. The molecule has 18 heavy (non-hydrogen) atoms. The number of imide groups is 1. The number of fused-ring (bicyclic) bond motifs is 1. The molecule has 1 fully saturated rings. The molecule has 0 saturated carbocycles. The number of urea groups is 1. The molecule has 1 aliphatic heterocycles. The van der Waals surface area contributed by atoms with Crippen molar-refractivity contribution in [2.45, 2.75) is 6.42 Å². The average molecular weight is 246 g/mol. The van der Waals surface area contributed by atoms with Gasteiger partial charge in [-0.15, -0.1) is 10.2 Å². The number of carbonyl (C=O) groups excluding carboxylic acids is 2. The van der Waals surface area contributed by atoms with Crippen LogP contribution in [0.1, 0.15) is 6.42 Å². The molecule has 0 unspecified atom stereocenters. The van der Waals surface area contributed by atoms with Gasteiger partial charge in [0.2, 0.25) is 5.91 Å². The fraction of sp³-hybridized carbons (Fsp3) is 0.200. The average Bonchev–Trinajstić information content (AvgIpc) is 2.77. The van der Waals surface area contributed by atoms with Crippen molar-refractivity contribution in [2.24, 2.45) is 0 Å². The molecule has 0 atom stereocenters. The van der Waals surface area contributed by atoms with Gasteiger partial charge in [-0.1, -0.05) is 0 Å². The van der Waals surface area contributed by atoms with E-state index in [2.05, 4.69) is 15.5 Å². The lowest BCUT2D eigenvalue weighted by Gasteiger charge is -2.26. The first kappa shape index (κ1) is 10.5. The van der Waals surface area contributed by atoms with E-state index in [9.17, 15) is 9.59 Å². The number of nitrogens with two attached hydrogens (primary N) is 1. The number of hydrogen-bond donors (Lipinski definition) is 2. The predicted octanol–water partition coefficient (Wildman–Crippen LogP) is -0.242. The van der Waals surface area contributed by atoms with Gasteiger partial charge < -0.3 is 5.73 Å². The molecule has 2 aromatic heterocycles. The molecule has 0 spiro atoms. The normalized spacial score (nSPS) is 16.1. The number of carbonyl (C=O) groups is 2. The Balaban J connectivity index is 2.03. The van der Waals surface area contributed by atoms with Crippen LogP contribution >= 0.6 is 0 Å². The van der Waals surface area contributed by atoms with Gasteiger partial charge in [0, 0.05) is 19.2 Å². The highest BCUT2D eigenvalue weighted by Gasteiger charge is 2.24. The summed E-state index contributed by atoms with van der Waals surface area (Å²) in [6.45, 7) is 0.331. The SMILES string of the molecule is Nc1cc(N2CCC(=O)NC2=O)cn2cnnc12. The van der Waals surface area contributed by atoms with Gasteiger partial charge in [-0.25, -0.2) is 4.79 Å². The van der Waals surface area contributed by atoms with E-state index in [-0.39, 0.29) is 12.3 Å². The fourth-order valence-corrected chi connectivity index (χ4v) is 1.91. The summed E-state index contributed by atoms with van der Waals surface area (Å²) >= 11 is 0. The molecule has 1 aliphatic rings. The van der Waals surface area contributed by atoms with Crippen LogP contribution in [0.5, 0.6) is 0 Å². The molecular weight excluding hydrogens is 236 g/mol. The molecule has 2 aromatic rings. The van der Waals surface area contributed by atoms with Crippen LogP contribution in [0, 0.1) is 0 Å². The van der Waals surface area contributed by atoms with Gasteiger partial charge >= 0.3 is 6.03 Å². The Kier molecular flexibility index (Phi) is 2.15. The van der Waals surface area contributed by atoms with Crippen molar-refractivity contribution in [1.82, 2.24) is 19.9 Å². The number of amides is 3. The molecular formula is C10H10N6O2. The maximum absolute atomic E-state index is 11.7. The second-order valence-corrected chi connectivity index (χ2v) is 3.97. The number of nitrogens with zero attached hydrogens (tertiary/aromatic N) is 4. The van der Waals surface area contributed by atoms with Crippen LogP contribution in [0.2, 0.25) is 0 Å². The largest absolute Gasteiger partial charge is 0.396 e. The number of pyridine rings is 1. The van der Waals surface area contributed by atoms with Crippen molar-refractivity contribution in [2.75, 3.05) is 17.2 Å². The molecule has 3 heterocycles. The Hall–Kier alpha value is -2.64. The Labute approximate surface area is 101 Å². The molecule has 3 amide bonds. The van der Waals surface area contributed by atoms with Gasteiger partial charge in [0.25, 0.3) is 0 Å². The molecule has 3 N–H and O–H groups in total. The first-order valence-electron chi connectivity index (χ1n) is 5.35. The van der Waals surface area contributed by atoms with Crippen molar-refractivity contribution < 1.29 is 9.59 Å². The fourth-order valence-electron chi connectivity index (χ4n) is 1.91. The van der Waals surface area contributed by atoms with Crippen LogP contribution in [-0.2, 0) is 4.79 Å². The first-order valence-corrected chi connectivity index (χ1v) is 5.35. The van der Waals surface area contributed by atoms with Crippen LogP contribution in [0.25, 0.3) is 5.65 Å². The highest BCUT2D eigenvalue weighted by atomic mass is 16.2. The second-order valence-electron chi connectivity index (χ2n) is 3.97. The van der Waals surface area contributed by atoms with Crippen LogP contribution in [0.15, 0.2) is 18.6 Å². The lowest BCUT2D eigenvalue weighted by molar-refractivity contribution is -0.120. The highest BCUT2D eigenvalue weighted by molar-refractivity contribution is 6.05. The lowest BCUT2D eigenvalue weighted by atomic mass is 10.2. The van der Waals surface area contributed by atoms with Crippen molar-refractivity contribution in [3.05, 3.63) is 18.6 Å². The van der Waals surface area contributed by atoms with Crippen molar-refractivity contribution >= 4 is 29.0 Å². The Morgan fingerprint density at radius 3 is 3.00 bits per heavy atom. The number of nitrogen functional groups attached to an aromatic ring is 1. The number of nitrogens with one attached hydrogen (secondary N) is 1. The zero-order valence-electron chi connectivity index (χ0n) is 9.33. The summed E-state index contributed by atoms with van der Waals surface area (Å²) in [5.74, 6) is -0.269. The van der Waals surface area contributed by atoms with Crippen LogP contribution < -0.4 is 16.0 Å². The van der Waals surface area contributed by atoms with Gasteiger partial charge in [0.05, 0.1) is 11.4 Å². The minimum Gasteiger partial charge on any atom is -0.396 e. The standard InChI is InChI=1S/C10H10N6O2/c11-7-3-6(4-15-5-12-14-9(7)15)16-2-1-8(17)13-10(16)18/h3-5H,1-2,11H2,(H,13,17,18). The number of rotatable bonds is 1. The maximum Gasteiger partial charge on any atom is 0.328 e. The molecule has 92 valence electrons. The molecule has 8 heteroatoms. The van der Waals surface area contributed by atoms with E-state index in [1.54, 1.807) is 16.7 Å². The third kappa shape index (κ3) is 1.54. The zero-order chi connectivity index (χ0) is 12.7. The predicted molar refractivity (Wildman–Crippen MR) is 62.9 cm³/mol. The van der Waals surface area contributed by atoms with Gasteiger partial charge in [0.1, 0.15) is 6.33 Å². The monoisotopic (exact) mass is 246 g/mol. The summed E-state index contributed by atoms with van der Waals surface area (Å²) in [5, 5.41) is 9.85. The number of hydrogen-bond acceptors (Lipinski definition) is 5. The summed E-state index contributed by atoms with van der Waals surface area (Å²) in [6.07, 6.45) is 3.47. The van der Waals surface area contributed by atoms with E-state index in [0.717, 1.165) is 0 Å². The van der Waals surface area contributed by atoms with Gasteiger partial charge in [0.15, 0.2) is 5.65 Å². The molecule has 3 rings (SSSR count). The summed E-state index contributed by atoms with van der Waals surface area (Å²) < 4.78 is 1.63. The Morgan fingerprint density at radius 2 is 2.22 bits per heavy atom. The van der Waals surface area contributed by atoms with Crippen LogP contribution in [0.3, 0.4) is 0 Å². The number of aromatic nitrogens is 3. The van der Waals surface area contributed by atoms with Crippen LogP contribution in [0.4, 0.5) is 16.2 Å². The highest BCUT2D eigenvalue weighted by Crippen LogP contribution is 2.22.